The van der Waals surface area contributed by atoms with Crippen LogP contribution in [0.3, 0.4) is 0 Å². The molecule has 0 aliphatic rings. The lowest BCUT2D eigenvalue weighted by atomic mass is 10.2. The molecule has 3 aromatic carbocycles. The lowest BCUT2D eigenvalue weighted by Gasteiger charge is -2.12. The Hall–Kier alpha value is -3.83. The quantitative estimate of drug-likeness (QED) is 0.145. The maximum atomic E-state index is 12.5. The number of carbonyl (C=O) groups excluding carboxylic acids is 1. The summed E-state index contributed by atoms with van der Waals surface area (Å²) in [6.45, 7) is 2.07. The summed E-state index contributed by atoms with van der Waals surface area (Å²) >= 11 is 1.16. The van der Waals surface area contributed by atoms with Crippen molar-refractivity contribution in [1.29, 1.82) is 0 Å². The SMILES string of the molecule is CCOc1cc(/C=N\NC(=O)CSc2nc3ccccc3o2)ccc1OS(=O)(=O)c1ccccc1. The number of nitrogens with one attached hydrogen (secondary N) is 1. The Balaban J connectivity index is 1.37. The van der Waals surface area contributed by atoms with E-state index in [4.69, 9.17) is 13.3 Å². The second kappa shape index (κ2) is 11.1. The van der Waals surface area contributed by atoms with Crippen molar-refractivity contribution < 1.29 is 26.5 Å². The number of rotatable bonds is 10. The fourth-order valence-electron chi connectivity index (χ4n) is 2.95. The molecule has 0 saturated carbocycles. The van der Waals surface area contributed by atoms with E-state index in [1.165, 1.54) is 24.4 Å². The normalized spacial score (nSPS) is 11.6. The van der Waals surface area contributed by atoms with Gasteiger partial charge >= 0.3 is 10.1 Å². The number of ether oxygens (including phenoxy) is 1. The fraction of sp³-hybridized carbons (Fsp3) is 0.125. The second-order valence-corrected chi connectivity index (χ2v) is 9.49. The Morgan fingerprint density at radius 1 is 1.09 bits per heavy atom. The van der Waals surface area contributed by atoms with E-state index in [9.17, 15) is 13.2 Å². The van der Waals surface area contributed by atoms with Crippen LogP contribution in [-0.4, -0.2) is 37.9 Å². The Bertz CT molecular complexity index is 1420. The summed E-state index contributed by atoms with van der Waals surface area (Å²) in [5, 5.41) is 4.34. The van der Waals surface area contributed by atoms with Gasteiger partial charge in [-0.2, -0.15) is 13.5 Å². The van der Waals surface area contributed by atoms with Gasteiger partial charge in [0.1, 0.15) is 10.4 Å². The highest BCUT2D eigenvalue weighted by Crippen LogP contribution is 2.31. The summed E-state index contributed by atoms with van der Waals surface area (Å²) in [6.07, 6.45) is 1.42. The number of thioether (sulfide) groups is 1. The molecule has 0 saturated heterocycles. The predicted molar refractivity (Wildman–Crippen MR) is 132 cm³/mol. The third-order valence-corrected chi connectivity index (χ3v) is 6.58. The van der Waals surface area contributed by atoms with Gasteiger partial charge in [0.15, 0.2) is 17.1 Å². The van der Waals surface area contributed by atoms with Gasteiger partial charge < -0.3 is 13.3 Å². The first kappa shape index (κ1) is 24.3. The van der Waals surface area contributed by atoms with Gasteiger partial charge in [0, 0.05) is 0 Å². The molecule has 0 bridgehead atoms. The van der Waals surface area contributed by atoms with Crippen LogP contribution in [0.5, 0.6) is 11.5 Å². The number of amides is 1. The molecule has 0 atom stereocenters. The number of hydrogen-bond donors (Lipinski definition) is 1. The molecular formula is C24H21N3O6S2. The first-order valence-corrected chi connectivity index (χ1v) is 12.9. The summed E-state index contributed by atoms with van der Waals surface area (Å²) < 4.78 is 41.5. The van der Waals surface area contributed by atoms with Gasteiger partial charge in [-0.15, -0.1) is 0 Å². The molecule has 0 radical (unpaired) electrons. The van der Waals surface area contributed by atoms with Gasteiger partial charge in [0.25, 0.3) is 11.1 Å². The zero-order valence-corrected chi connectivity index (χ0v) is 20.2. The van der Waals surface area contributed by atoms with Crippen LogP contribution in [0.4, 0.5) is 0 Å². The van der Waals surface area contributed by atoms with Gasteiger partial charge in [-0.1, -0.05) is 42.1 Å². The average molecular weight is 512 g/mol. The largest absolute Gasteiger partial charge is 0.490 e. The number of oxazole rings is 1. The molecule has 180 valence electrons. The molecule has 1 amide bonds. The highest BCUT2D eigenvalue weighted by atomic mass is 32.2. The Morgan fingerprint density at radius 3 is 2.63 bits per heavy atom. The van der Waals surface area contributed by atoms with E-state index < -0.39 is 10.1 Å². The third kappa shape index (κ3) is 6.40. The number of hydrazone groups is 1. The molecule has 0 aliphatic carbocycles. The first-order chi connectivity index (χ1) is 16.9. The number of hydrogen-bond acceptors (Lipinski definition) is 9. The molecule has 4 rings (SSSR count). The van der Waals surface area contributed by atoms with E-state index >= 15 is 0 Å². The smallest absolute Gasteiger partial charge is 0.339 e. The van der Waals surface area contributed by atoms with Crippen molar-refractivity contribution >= 4 is 45.1 Å². The van der Waals surface area contributed by atoms with Crippen molar-refractivity contribution in [1.82, 2.24) is 10.4 Å². The minimum absolute atomic E-state index is 0.0338. The van der Waals surface area contributed by atoms with E-state index in [-0.39, 0.29) is 28.1 Å². The van der Waals surface area contributed by atoms with Crippen LogP contribution in [-0.2, 0) is 14.9 Å². The van der Waals surface area contributed by atoms with Crippen LogP contribution in [0.15, 0.2) is 92.4 Å². The van der Waals surface area contributed by atoms with E-state index in [2.05, 4.69) is 15.5 Å². The molecule has 4 aromatic rings. The molecule has 0 spiro atoms. The zero-order valence-electron chi connectivity index (χ0n) is 18.6. The first-order valence-electron chi connectivity index (χ1n) is 10.5. The fourth-order valence-corrected chi connectivity index (χ4v) is 4.54. The molecule has 1 aromatic heterocycles. The van der Waals surface area contributed by atoms with E-state index in [0.717, 1.165) is 17.3 Å². The number of benzene rings is 3. The molecule has 0 fully saturated rings. The molecule has 9 nitrogen and oxygen atoms in total. The number of carbonyl (C=O) groups is 1. The van der Waals surface area contributed by atoms with Crippen LogP contribution >= 0.6 is 11.8 Å². The lowest BCUT2D eigenvalue weighted by molar-refractivity contribution is -0.118. The second-order valence-electron chi connectivity index (χ2n) is 7.02. The Kier molecular flexibility index (Phi) is 7.68. The van der Waals surface area contributed by atoms with Gasteiger partial charge in [0.05, 0.1) is 18.6 Å². The van der Waals surface area contributed by atoms with Gasteiger partial charge in [-0.3, -0.25) is 4.79 Å². The highest BCUT2D eigenvalue weighted by molar-refractivity contribution is 7.99. The number of fused-ring (bicyclic) bond motifs is 1. The summed E-state index contributed by atoms with van der Waals surface area (Å²) in [5.41, 5.74) is 4.39. The number of aromatic nitrogens is 1. The van der Waals surface area contributed by atoms with Crippen molar-refractivity contribution in [2.24, 2.45) is 5.10 Å². The van der Waals surface area contributed by atoms with Crippen molar-refractivity contribution in [3.63, 3.8) is 0 Å². The number of nitrogens with zero attached hydrogens (tertiary/aromatic N) is 2. The molecular weight excluding hydrogens is 490 g/mol. The summed E-state index contributed by atoms with van der Waals surface area (Å²) in [7, 11) is -4.02. The summed E-state index contributed by atoms with van der Waals surface area (Å²) in [5.74, 6) is 0.00578. The summed E-state index contributed by atoms with van der Waals surface area (Å²) in [4.78, 5) is 16.4. The zero-order chi connectivity index (χ0) is 24.7. The maximum absolute atomic E-state index is 12.5. The third-order valence-electron chi connectivity index (χ3n) is 4.50. The van der Waals surface area contributed by atoms with E-state index in [1.807, 2.05) is 18.2 Å². The Labute approximate surface area is 206 Å². The molecule has 11 heteroatoms. The standard InChI is InChI=1S/C24H21N3O6S2/c1-2-31-22-14-17(12-13-21(22)33-35(29,30)18-8-4-3-5-9-18)15-25-27-23(28)16-34-24-26-19-10-6-7-11-20(19)32-24/h3-15H,2,16H2,1H3,(H,27,28)/b25-15-. The minimum Gasteiger partial charge on any atom is -0.490 e. The summed E-state index contributed by atoms with van der Waals surface area (Å²) in [6, 6.07) is 19.8. The molecule has 1 N–H and O–H groups in total. The minimum atomic E-state index is -4.02. The van der Waals surface area contributed by atoms with Gasteiger partial charge in [0.2, 0.25) is 0 Å². The van der Waals surface area contributed by atoms with Crippen molar-refractivity contribution in [3.05, 3.63) is 78.4 Å². The van der Waals surface area contributed by atoms with Crippen LogP contribution in [0.25, 0.3) is 11.1 Å². The van der Waals surface area contributed by atoms with E-state index in [0.29, 0.717) is 23.0 Å². The molecule has 0 aliphatic heterocycles. The Morgan fingerprint density at radius 2 is 1.86 bits per heavy atom. The number of para-hydroxylation sites is 2. The van der Waals surface area contributed by atoms with E-state index in [1.54, 1.807) is 43.3 Å². The highest BCUT2D eigenvalue weighted by Gasteiger charge is 2.19. The topological polar surface area (TPSA) is 120 Å². The van der Waals surface area contributed by atoms with Crippen LogP contribution in [0, 0.1) is 0 Å². The van der Waals surface area contributed by atoms with Crippen LogP contribution in [0.2, 0.25) is 0 Å². The maximum Gasteiger partial charge on any atom is 0.339 e. The molecule has 0 unspecified atom stereocenters. The van der Waals surface area contributed by atoms with Gasteiger partial charge in [-0.05, 0) is 55.0 Å². The van der Waals surface area contributed by atoms with Crippen molar-refractivity contribution in [2.45, 2.75) is 17.0 Å². The van der Waals surface area contributed by atoms with Crippen LogP contribution in [0.1, 0.15) is 12.5 Å². The van der Waals surface area contributed by atoms with Crippen LogP contribution < -0.4 is 14.3 Å². The monoisotopic (exact) mass is 511 g/mol. The van der Waals surface area contributed by atoms with Gasteiger partial charge in [-0.25, -0.2) is 10.4 Å². The molecule has 35 heavy (non-hydrogen) atoms. The average Bonchev–Trinajstić information content (AvgIpc) is 3.28. The van der Waals surface area contributed by atoms with Crippen molar-refractivity contribution in [3.8, 4) is 11.5 Å². The van der Waals surface area contributed by atoms with Crippen molar-refractivity contribution in [2.75, 3.05) is 12.4 Å². The lowest BCUT2D eigenvalue weighted by Crippen LogP contribution is -2.19. The molecule has 1 heterocycles. The predicted octanol–water partition coefficient (Wildman–Crippen LogP) is 4.24.